The summed E-state index contributed by atoms with van der Waals surface area (Å²) < 4.78 is 44.6. The van der Waals surface area contributed by atoms with Crippen LogP contribution >= 0.6 is 12.4 Å². The fraction of sp³-hybridized carbons (Fsp3) is 0.650. The maximum Gasteiger partial charge on any atom is 0.416 e. The Morgan fingerprint density at radius 2 is 1.89 bits per heavy atom. The first-order chi connectivity index (χ1) is 12.8. The van der Waals surface area contributed by atoms with Gasteiger partial charge in [0, 0.05) is 25.2 Å². The number of nitrogens with two attached hydrogens (primary N) is 1. The predicted octanol–water partition coefficient (Wildman–Crippen LogP) is 3.81. The van der Waals surface area contributed by atoms with Crippen LogP contribution in [0.2, 0.25) is 0 Å². The fourth-order valence-electron chi connectivity index (χ4n) is 4.31. The maximum absolute atomic E-state index is 13.1. The van der Waals surface area contributed by atoms with Crippen LogP contribution in [-0.2, 0) is 21.1 Å². The van der Waals surface area contributed by atoms with Crippen molar-refractivity contribution < 1.29 is 22.7 Å². The number of alkyl halides is 3. The van der Waals surface area contributed by atoms with E-state index in [4.69, 9.17) is 10.5 Å². The highest BCUT2D eigenvalue weighted by Crippen LogP contribution is 2.42. The summed E-state index contributed by atoms with van der Waals surface area (Å²) in [5, 5.41) is 2.93. The molecule has 4 nitrogen and oxygen atoms in total. The molecular weight excluding hydrogens is 393 g/mol. The molecule has 1 aliphatic carbocycles. The van der Waals surface area contributed by atoms with Gasteiger partial charge in [0.25, 0.3) is 0 Å². The molecular formula is C20H28ClF3N2O2. The molecule has 1 aliphatic heterocycles. The van der Waals surface area contributed by atoms with E-state index < -0.39 is 23.2 Å². The third-order valence-corrected chi connectivity index (χ3v) is 6.04. The van der Waals surface area contributed by atoms with E-state index in [1.165, 1.54) is 12.1 Å². The summed E-state index contributed by atoms with van der Waals surface area (Å²) in [5.41, 5.74) is 5.68. The van der Waals surface area contributed by atoms with Crippen molar-refractivity contribution in [1.82, 2.24) is 5.32 Å². The van der Waals surface area contributed by atoms with Gasteiger partial charge in [0.1, 0.15) is 0 Å². The zero-order valence-electron chi connectivity index (χ0n) is 15.8. The average Bonchev–Trinajstić information content (AvgIpc) is 3.16. The Labute approximate surface area is 169 Å². The maximum atomic E-state index is 13.1. The molecule has 0 aromatic heterocycles. The summed E-state index contributed by atoms with van der Waals surface area (Å²) in [6.07, 6.45) is 0.559. The Morgan fingerprint density at radius 1 is 1.25 bits per heavy atom. The molecule has 3 N–H and O–H groups in total. The van der Waals surface area contributed by atoms with E-state index in [1.807, 2.05) is 0 Å². The van der Waals surface area contributed by atoms with Crippen molar-refractivity contribution in [2.45, 2.75) is 56.2 Å². The molecule has 0 bridgehead atoms. The third kappa shape index (κ3) is 5.19. The molecule has 2 fully saturated rings. The molecule has 1 saturated carbocycles. The van der Waals surface area contributed by atoms with Gasteiger partial charge in [-0.25, -0.2) is 0 Å². The van der Waals surface area contributed by atoms with Crippen molar-refractivity contribution in [1.29, 1.82) is 0 Å². The Balaban J connectivity index is 0.00000280. The molecule has 1 heterocycles. The summed E-state index contributed by atoms with van der Waals surface area (Å²) in [7, 11) is 0. The van der Waals surface area contributed by atoms with Crippen molar-refractivity contribution in [3.05, 3.63) is 35.4 Å². The van der Waals surface area contributed by atoms with Crippen molar-refractivity contribution in [2.75, 3.05) is 19.8 Å². The number of nitrogens with one attached hydrogen (secondary N) is 1. The quantitative estimate of drug-likeness (QED) is 0.761. The first-order valence-corrected chi connectivity index (χ1v) is 9.61. The van der Waals surface area contributed by atoms with Crippen LogP contribution in [-0.4, -0.2) is 31.7 Å². The second-order valence-electron chi connectivity index (χ2n) is 7.76. The number of hydrogen-bond donors (Lipinski definition) is 2. The van der Waals surface area contributed by atoms with Gasteiger partial charge in [-0.2, -0.15) is 13.2 Å². The van der Waals surface area contributed by atoms with Gasteiger partial charge in [-0.05, 0) is 43.2 Å². The van der Waals surface area contributed by atoms with Crippen LogP contribution in [0.15, 0.2) is 24.3 Å². The van der Waals surface area contributed by atoms with Crippen LogP contribution in [0.5, 0.6) is 0 Å². The average molecular weight is 421 g/mol. The summed E-state index contributed by atoms with van der Waals surface area (Å²) in [4.78, 5) is 12.5. The highest BCUT2D eigenvalue weighted by Gasteiger charge is 2.39. The lowest BCUT2D eigenvalue weighted by atomic mass is 9.78. The van der Waals surface area contributed by atoms with Crippen molar-refractivity contribution >= 4 is 18.3 Å². The van der Waals surface area contributed by atoms with Gasteiger partial charge in [-0.3, -0.25) is 4.79 Å². The van der Waals surface area contributed by atoms with Crippen LogP contribution in [0.4, 0.5) is 13.2 Å². The van der Waals surface area contributed by atoms with Crippen molar-refractivity contribution in [2.24, 2.45) is 11.7 Å². The lowest BCUT2D eigenvalue weighted by Gasteiger charge is -2.32. The first-order valence-electron chi connectivity index (χ1n) is 9.61. The van der Waals surface area contributed by atoms with E-state index >= 15 is 0 Å². The Kier molecular flexibility index (Phi) is 7.76. The largest absolute Gasteiger partial charge is 0.416 e. The molecule has 158 valence electrons. The lowest BCUT2D eigenvalue weighted by molar-refractivity contribution is -0.137. The van der Waals surface area contributed by atoms with Gasteiger partial charge in [0.2, 0.25) is 5.91 Å². The number of carbonyl (C=O) groups is 1. The van der Waals surface area contributed by atoms with Crippen LogP contribution in [0.25, 0.3) is 0 Å². The van der Waals surface area contributed by atoms with E-state index in [9.17, 15) is 18.0 Å². The van der Waals surface area contributed by atoms with Gasteiger partial charge in [0.05, 0.1) is 11.6 Å². The van der Waals surface area contributed by atoms with Crippen molar-refractivity contribution in [3.63, 3.8) is 0 Å². The molecule has 28 heavy (non-hydrogen) atoms. The van der Waals surface area contributed by atoms with Gasteiger partial charge in [-0.15, -0.1) is 12.4 Å². The smallest absolute Gasteiger partial charge is 0.381 e. The number of carbonyl (C=O) groups excluding carboxylic acids is 1. The molecule has 1 amide bonds. The minimum Gasteiger partial charge on any atom is -0.381 e. The number of halogens is 4. The Hall–Kier alpha value is -1.31. The fourth-order valence-corrected chi connectivity index (χ4v) is 4.31. The molecule has 2 aliphatic rings. The number of amides is 1. The Morgan fingerprint density at radius 3 is 2.50 bits per heavy atom. The molecule has 1 aromatic rings. The number of rotatable bonds is 5. The predicted molar refractivity (Wildman–Crippen MR) is 103 cm³/mol. The van der Waals surface area contributed by atoms with Gasteiger partial charge >= 0.3 is 6.18 Å². The van der Waals surface area contributed by atoms with Crippen molar-refractivity contribution in [3.8, 4) is 0 Å². The summed E-state index contributed by atoms with van der Waals surface area (Å²) in [5.74, 6) is -0.132. The molecule has 1 aromatic carbocycles. The van der Waals surface area contributed by atoms with E-state index in [-0.39, 0.29) is 24.2 Å². The second-order valence-corrected chi connectivity index (χ2v) is 7.76. The standard InChI is InChI=1S/C20H27F3N2O2.ClH/c21-20(22,23)16-5-3-4-15(12-16)19(8-1-2-9-19)13-25-18(26)17(24)14-6-10-27-11-7-14;/h3-5,12,14,17H,1-2,6-11,13,24H2,(H,25,26);1H. The highest BCUT2D eigenvalue weighted by molar-refractivity contribution is 5.85. The first kappa shape index (κ1) is 23.0. The van der Waals surface area contributed by atoms with Crippen LogP contribution < -0.4 is 11.1 Å². The van der Waals surface area contributed by atoms with Crippen LogP contribution in [0, 0.1) is 5.92 Å². The third-order valence-electron chi connectivity index (χ3n) is 6.04. The normalized spacial score (nSPS) is 21.0. The topological polar surface area (TPSA) is 64.4 Å². The zero-order valence-corrected chi connectivity index (χ0v) is 16.6. The monoisotopic (exact) mass is 420 g/mol. The van der Waals surface area contributed by atoms with E-state index in [1.54, 1.807) is 6.07 Å². The number of hydrogen-bond acceptors (Lipinski definition) is 3. The van der Waals surface area contributed by atoms with Gasteiger partial charge in [0.15, 0.2) is 0 Å². The van der Waals surface area contributed by atoms with Gasteiger partial charge < -0.3 is 15.8 Å². The van der Waals surface area contributed by atoms with Crippen LogP contribution in [0.3, 0.4) is 0 Å². The summed E-state index contributed by atoms with van der Waals surface area (Å²) in [6.45, 7) is 1.55. The van der Waals surface area contributed by atoms with Gasteiger partial charge in [-0.1, -0.05) is 31.0 Å². The zero-order chi connectivity index (χ0) is 19.5. The molecule has 1 unspecified atom stereocenters. The number of ether oxygens (including phenoxy) is 1. The second kappa shape index (κ2) is 9.46. The molecule has 0 spiro atoms. The summed E-state index contributed by atoms with van der Waals surface area (Å²) in [6, 6.07) is 4.91. The highest BCUT2D eigenvalue weighted by atomic mass is 35.5. The molecule has 1 saturated heterocycles. The minimum absolute atomic E-state index is 0. The van der Waals surface area contributed by atoms with E-state index in [2.05, 4.69) is 5.32 Å². The minimum atomic E-state index is -4.37. The molecule has 0 radical (unpaired) electrons. The summed E-state index contributed by atoms with van der Waals surface area (Å²) >= 11 is 0. The lowest BCUT2D eigenvalue weighted by Crippen LogP contribution is -2.50. The SMILES string of the molecule is Cl.NC(C(=O)NCC1(c2cccc(C(F)(F)F)c2)CCCC1)C1CCOCC1. The van der Waals surface area contributed by atoms with Crippen LogP contribution in [0.1, 0.15) is 49.7 Å². The molecule has 3 rings (SSSR count). The molecule has 1 atom stereocenters. The van der Waals surface area contributed by atoms with E-state index in [0.29, 0.717) is 25.3 Å². The Bertz CT molecular complexity index is 657. The van der Waals surface area contributed by atoms with E-state index in [0.717, 1.165) is 44.6 Å². The molecule has 8 heteroatoms. The number of benzene rings is 1.